The van der Waals surface area contributed by atoms with Crippen LogP contribution in [0.25, 0.3) is 10.7 Å². The van der Waals surface area contributed by atoms with Crippen molar-refractivity contribution in [3.63, 3.8) is 0 Å². The maximum Gasteiger partial charge on any atom is 0.332 e. The zero-order chi connectivity index (χ0) is 14.7. The fourth-order valence-electron chi connectivity index (χ4n) is 1.61. The van der Waals surface area contributed by atoms with E-state index in [-0.39, 0.29) is 0 Å². The van der Waals surface area contributed by atoms with Crippen molar-refractivity contribution in [2.45, 2.75) is 16.0 Å². The molecule has 2 aromatic heterocycles. The van der Waals surface area contributed by atoms with E-state index in [9.17, 15) is 4.79 Å². The maximum absolute atomic E-state index is 11.0. The van der Waals surface area contributed by atoms with Gasteiger partial charge in [-0.1, -0.05) is 30.0 Å². The van der Waals surface area contributed by atoms with Crippen LogP contribution >= 0.6 is 23.1 Å². The molecule has 0 radical (unpaired) electrons. The van der Waals surface area contributed by atoms with Crippen molar-refractivity contribution in [1.82, 2.24) is 20.4 Å². The summed E-state index contributed by atoms with van der Waals surface area (Å²) in [5, 5.41) is 11.1. The number of nitrogens with zero attached hydrogens (tertiary/aromatic N) is 4. The number of hydrogen-bond donors (Lipinski definition) is 0. The van der Waals surface area contributed by atoms with Crippen molar-refractivity contribution >= 4 is 29.1 Å². The van der Waals surface area contributed by atoms with Gasteiger partial charge in [0.2, 0.25) is 5.82 Å². The molecule has 0 aliphatic heterocycles. The van der Waals surface area contributed by atoms with Crippen molar-refractivity contribution in [3.8, 4) is 10.7 Å². The summed E-state index contributed by atoms with van der Waals surface area (Å²) in [4.78, 5) is 18.9. The second-order valence-electron chi connectivity index (χ2n) is 3.99. The molecule has 3 aromatic rings. The minimum atomic E-state index is -0.473. The van der Waals surface area contributed by atoms with Gasteiger partial charge in [-0.25, -0.2) is 4.79 Å². The third-order valence-corrected chi connectivity index (χ3v) is 4.64. The van der Waals surface area contributed by atoms with Crippen molar-refractivity contribution in [3.05, 3.63) is 42.5 Å². The van der Waals surface area contributed by atoms with E-state index in [0.717, 1.165) is 18.8 Å². The Morgan fingerprint density at radius 3 is 2.81 bits per heavy atom. The average Bonchev–Trinajstić information content (AvgIpc) is 3.08. The first-order valence-corrected chi connectivity index (χ1v) is 7.66. The molecule has 0 spiro atoms. The monoisotopic (exact) mass is 318 g/mol. The van der Waals surface area contributed by atoms with Gasteiger partial charge in [0, 0.05) is 11.8 Å². The first-order valence-electron chi connectivity index (χ1n) is 6.03. The van der Waals surface area contributed by atoms with Gasteiger partial charge in [0.25, 0.3) is 0 Å². The Kier molecular flexibility index (Phi) is 3.98. The predicted molar refractivity (Wildman–Crippen MR) is 79.0 cm³/mol. The molecule has 21 heavy (non-hydrogen) atoms. The molecular formula is C13H10N4O2S2. The van der Waals surface area contributed by atoms with E-state index in [1.165, 1.54) is 18.3 Å². The fourth-order valence-corrected chi connectivity index (χ4v) is 3.69. The minimum absolute atomic E-state index is 0.412. The topological polar surface area (TPSA) is 69.9 Å². The number of thiophene rings is 1. The number of tetrazole rings is 1. The van der Waals surface area contributed by atoms with Crippen LogP contribution in [0.2, 0.25) is 0 Å². The smallest absolute Gasteiger partial charge is 0.316 e. The molecule has 0 bridgehead atoms. The van der Waals surface area contributed by atoms with Crippen molar-refractivity contribution in [2.75, 3.05) is 0 Å². The molecule has 106 valence electrons. The number of benzene rings is 1. The van der Waals surface area contributed by atoms with Gasteiger partial charge in [0.1, 0.15) is 0 Å². The van der Waals surface area contributed by atoms with Crippen LogP contribution in [0.5, 0.6) is 0 Å². The molecule has 2 heterocycles. The Hall–Kier alpha value is -2.19. The van der Waals surface area contributed by atoms with E-state index >= 15 is 0 Å². The van der Waals surface area contributed by atoms with Gasteiger partial charge < -0.3 is 4.84 Å². The SMILES string of the molecule is CC(=O)On1nnnc1-c1ccc(Sc2ccccc2)s1. The highest BCUT2D eigenvalue weighted by Gasteiger charge is 2.14. The number of aromatic nitrogens is 4. The largest absolute Gasteiger partial charge is 0.332 e. The Morgan fingerprint density at radius 2 is 2.05 bits per heavy atom. The number of carbonyl (C=O) groups is 1. The van der Waals surface area contributed by atoms with Gasteiger partial charge in [-0.3, -0.25) is 0 Å². The van der Waals surface area contributed by atoms with E-state index in [2.05, 4.69) is 15.5 Å². The van der Waals surface area contributed by atoms with Crippen LogP contribution in [0.4, 0.5) is 0 Å². The molecule has 6 nitrogen and oxygen atoms in total. The highest BCUT2D eigenvalue weighted by Crippen LogP contribution is 2.36. The lowest BCUT2D eigenvalue weighted by atomic mass is 10.4. The van der Waals surface area contributed by atoms with Crippen LogP contribution in [-0.2, 0) is 4.79 Å². The lowest BCUT2D eigenvalue weighted by Crippen LogP contribution is -2.18. The average molecular weight is 318 g/mol. The summed E-state index contributed by atoms with van der Waals surface area (Å²) >= 11 is 3.19. The van der Waals surface area contributed by atoms with Gasteiger partial charge >= 0.3 is 5.97 Å². The molecule has 0 aliphatic carbocycles. The van der Waals surface area contributed by atoms with E-state index < -0.39 is 5.97 Å². The Labute approximate surface area is 128 Å². The zero-order valence-electron chi connectivity index (χ0n) is 11.0. The molecule has 0 unspecified atom stereocenters. The van der Waals surface area contributed by atoms with Crippen LogP contribution in [0.15, 0.2) is 51.6 Å². The molecule has 0 saturated heterocycles. The molecule has 8 heteroatoms. The molecule has 0 N–H and O–H groups in total. The highest BCUT2D eigenvalue weighted by atomic mass is 32.2. The van der Waals surface area contributed by atoms with Crippen molar-refractivity contribution < 1.29 is 9.63 Å². The molecule has 3 rings (SSSR count). The fraction of sp³-hybridized carbons (Fsp3) is 0.0769. The number of hydrogen-bond acceptors (Lipinski definition) is 7. The molecule has 1 aromatic carbocycles. The quantitative estimate of drug-likeness (QED) is 0.689. The van der Waals surface area contributed by atoms with Gasteiger partial charge in [-0.05, 0) is 39.5 Å². The lowest BCUT2D eigenvalue weighted by Gasteiger charge is -2.00. The van der Waals surface area contributed by atoms with Crippen LogP contribution in [0.1, 0.15) is 6.92 Å². The van der Waals surface area contributed by atoms with Gasteiger partial charge in [0.15, 0.2) is 0 Å². The Morgan fingerprint density at radius 1 is 1.24 bits per heavy atom. The van der Waals surface area contributed by atoms with Gasteiger partial charge in [0.05, 0.1) is 9.09 Å². The Balaban J connectivity index is 1.82. The van der Waals surface area contributed by atoms with Crippen LogP contribution < -0.4 is 4.84 Å². The summed E-state index contributed by atoms with van der Waals surface area (Å²) < 4.78 is 1.11. The molecule has 0 saturated carbocycles. The van der Waals surface area contributed by atoms with Crippen LogP contribution in [-0.4, -0.2) is 26.3 Å². The normalized spacial score (nSPS) is 10.5. The van der Waals surface area contributed by atoms with Gasteiger partial charge in [-0.2, -0.15) is 0 Å². The third kappa shape index (κ3) is 3.29. The summed E-state index contributed by atoms with van der Waals surface area (Å²) in [7, 11) is 0. The summed E-state index contributed by atoms with van der Waals surface area (Å²) in [6, 6.07) is 14.0. The number of rotatable bonds is 4. The van der Waals surface area contributed by atoms with Crippen molar-refractivity contribution in [1.29, 1.82) is 0 Å². The van der Waals surface area contributed by atoms with E-state index in [1.54, 1.807) is 11.8 Å². The second kappa shape index (κ2) is 6.06. The Bertz CT molecular complexity index is 754. The zero-order valence-corrected chi connectivity index (χ0v) is 12.6. The van der Waals surface area contributed by atoms with E-state index in [1.807, 2.05) is 42.5 Å². The predicted octanol–water partition coefficient (Wildman–Crippen LogP) is 2.53. The summed E-state index contributed by atoms with van der Waals surface area (Å²) in [5.41, 5.74) is 0. The summed E-state index contributed by atoms with van der Waals surface area (Å²) in [6.07, 6.45) is 0. The molecule has 0 fully saturated rings. The molecular weight excluding hydrogens is 308 g/mol. The summed E-state index contributed by atoms with van der Waals surface area (Å²) in [5.74, 6) is -0.0610. The van der Waals surface area contributed by atoms with Crippen molar-refractivity contribution in [2.24, 2.45) is 0 Å². The first-order chi connectivity index (χ1) is 10.2. The summed E-state index contributed by atoms with van der Waals surface area (Å²) in [6.45, 7) is 1.30. The molecule has 0 aliphatic rings. The third-order valence-electron chi connectivity index (χ3n) is 2.42. The maximum atomic E-state index is 11.0. The molecule has 0 atom stereocenters. The second-order valence-corrected chi connectivity index (χ2v) is 6.45. The van der Waals surface area contributed by atoms with E-state index in [4.69, 9.17) is 4.84 Å². The lowest BCUT2D eigenvalue weighted by molar-refractivity contribution is -0.143. The van der Waals surface area contributed by atoms with Gasteiger partial charge in [-0.15, -0.1) is 16.4 Å². The van der Waals surface area contributed by atoms with E-state index in [0.29, 0.717) is 5.82 Å². The van der Waals surface area contributed by atoms with Crippen LogP contribution in [0.3, 0.4) is 0 Å². The minimum Gasteiger partial charge on any atom is -0.316 e. The standard InChI is InChI=1S/C13H10N4O2S2/c1-9(18)19-17-13(14-15-16-17)11-7-8-12(21-11)20-10-5-3-2-4-6-10/h2-8H,1H3. The molecule has 0 amide bonds. The number of carbonyl (C=O) groups excluding carboxylic acids is 1. The van der Waals surface area contributed by atoms with Crippen LogP contribution in [0, 0.1) is 0 Å². The highest BCUT2D eigenvalue weighted by molar-refractivity contribution is 8.01. The first kappa shape index (κ1) is 13.8.